The van der Waals surface area contributed by atoms with Gasteiger partial charge in [0.1, 0.15) is 0 Å². The largest absolute Gasteiger partial charge is 0.229 e. The molecule has 0 N–H and O–H groups in total. The van der Waals surface area contributed by atoms with Crippen molar-refractivity contribution in [2.75, 3.05) is 5.75 Å². The van der Waals surface area contributed by atoms with E-state index >= 15 is 0 Å². The molecule has 4 heteroatoms. The van der Waals surface area contributed by atoms with Gasteiger partial charge in [-0.2, -0.15) is 5.26 Å². The first kappa shape index (κ1) is 10.5. The molecule has 0 atom stereocenters. The molecule has 0 unspecified atom stereocenters. The number of rotatable bonds is 2. The highest BCUT2D eigenvalue weighted by molar-refractivity contribution is 7.92. The fraction of sp³-hybridized carbons (Fsp3) is 0.889. The van der Waals surface area contributed by atoms with Crippen molar-refractivity contribution >= 4 is 9.84 Å². The summed E-state index contributed by atoms with van der Waals surface area (Å²) in [4.78, 5) is 0. The monoisotopic (exact) mass is 201 g/mol. The second-order valence-corrected chi connectivity index (χ2v) is 6.12. The quantitative estimate of drug-likeness (QED) is 0.680. The Morgan fingerprint density at radius 1 is 1.31 bits per heavy atom. The number of hydrogen-bond acceptors (Lipinski definition) is 3. The Kier molecular flexibility index (Phi) is 3.32. The Bertz CT molecular complexity index is 294. The Hall–Kier alpha value is -0.560. The van der Waals surface area contributed by atoms with Crippen LogP contribution in [0.2, 0.25) is 0 Å². The molecule has 0 radical (unpaired) electrons. The van der Waals surface area contributed by atoms with Crippen molar-refractivity contribution in [1.29, 1.82) is 5.26 Å². The second kappa shape index (κ2) is 4.10. The number of hydrogen-bond donors (Lipinski definition) is 0. The van der Waals surface area contributed by atoms with Gasteiger partial charge in [-0.3, -0.25) is 0 Å². The molecule has 1 fully saturated rings. The van der Waals surface area contributed by atoms with Gasteiger partial charge < -0.3 is 0 Å². The summed E-state index contributed by atoms with van der Waals surface area (Å²) in [7, 11) is -2.86. The van der Waals surface area contributed by atoms with Crippen LogP contribution < -0.4 is 0 Å². The number of nitrogens with zero attached hydrogens (tertiary/aromatic N) is 1. The van der Waals surface area contributed by atoms with Crippen LogP contribution in [-0.2, 0) is 9.84 Å². The molecule has 1 rings (SSSR count). The van der Waals surface area contributed by atoms with E-state index in [2.05, 4.69) is 6.07 Å². The van der Waals surface area contributed by atoms with Crippen LogP contribution in [0.5, 0.6) is 0 Å². The summed E-state index contributed by atoms with van der Waals surface area (Å²) in [6, 6.07) is 2.20. The SMILES string of the molecule is CCS(=O)(=O)C1CCC(C#N)CC1. The van der Waals surface area contributed by atoms with Crippen LogP contribution in [0.3, 0.4) is 0 Å². The number of nitriles is 1. The van der Waals surface area contributed by atoms with Crippen LogP contribution in [0.15, 0.2) is 0 Å². The maximum Gasteiger partial charge on any atom is 0.152 e. The Balaban J connectivity index is 2.56. The van der Waals surface area contributed by atoms with Crippen LogP contribution in [0.4, 0.5) is 0 Å². The van der Waals surface area contributed by atoms with E-state index < -0.39 is 9.84 Å². The fourth-order valence-corrected chi connectivity index (χ4v) is 3.25. The molecule has 0 amide bonds. The van der Waals surface area contributed by atoms with Crippen molar-refractivity contribution in [2.45, 2.75) is 37.9 Å². The van der Waals surface area contributed by atoms with E-state index in [1.54, 1.807) is 6.92 Å². The third kappa shape index (κ3) is 2.44. The fourth-order valence-electron chi connectivity index (χ4n) is 1.79. The van der Waals surface area contributed by atoms with Gasteiger partial charge in [-0.1, -0.05) is 6.92 Å². The van der Waals surface area contributed by atoms with Crippen molar-refractivity contribution in [3.63, 3.8) is 0 Å². The van der Waals surface area contributed by atoms with E-state index in [0.717, 1.165) is 12.8 Å². The van der Waals surface area contributed by atoms with Gasteiger partial charge >= 0.3 is 0 Å². The lowest BCUT2D eigenvalue weighted by Crippen LogP contribution is -2.27. The zero-order valence-electron chi connectivity index (χ0n) is 7.86. The molecule has 0 aromatic rings. The average Bonchev–Trinajstić information content (AvgIpc) is 2.18. The minimum Gasteiger partial charge on any atom is -0.229 e. The van der Waals surface area contributed by atoms with Crippen molar-refractivity contribution in [3.05, 3.63) is 0 Å². The highest BCUT2D eigenvalue weighted by Crippen LogP contribution is 2.28. The second-order valence-electron chi connectivity index (χ2n) is 3.55. The van der Waals surface area contributed by atoms with E-state index in [4.69, 9.17) is 5.26 Å². The lowest BCUT2D eigenvalue weighted by Gasteiger charge is -2.23. The normalized spacial score (nSPS) is 29.5. The molecular weight excluding hydrogens is 186 g/mol. The van der Waals surface area contributed by atoms with Gasteiger partial charge in [0.05, 0.1) is 11.3 Å². The van der Waals surface area contributed by atoms with Gasteiger partial charge in [-0.05, 0) is 25.7 Å². The highest BCUT2D eigenvalue weighted by atomic mass is 32.2. The minimum absolute atomic E-state index is 0.0864. The minimum atomic E-state index is -2.86. The van der Waals surface area contributed by atoms with E-state index in [1.165, 1.54) is 0 Å². The predicted octanol–water partition coefficient (Wildman–Crippen LogP) is 1.50. The zero-order valence-corrected chi connectivity index (χ0v) is 8.68. The molecule has 0 aliphatic heterocycles. The molecule has 0 saturated heterocycles. The van der Waals surface area contributed by atoms with Gasteiger partial charge in [-0.25, -0.2) is 8.42 Å². The molecule has 0 heterocycles. The van der Waals surface area contributed by atoms with E-state index in [-0.39, 0.29) is 16.9 Å². The van der Waals surface area contributed by atoms with Crippen LogP contribution in [0.1, 0.15) is 32.6 Å². The first-order valence-corrected chi connectivity index (χ1v) is 6.43. The molecule has 0 spiro atoms. The third-order valence-electron chi connectivity index (χ3n) is 2.77. The van der Waals surface area contributed by atoms with Gasteiger partial charge in [0.15, 0.2) is 9.84 Å². The standard InChI is InChI=1S/C9H15NO2S/c1-2-13(11,12)9-5-3-8(7-10)4-6-9/h8-9H,2-6H2,1H3. The van der Waals surface area contributed by atoms with Crippen molar-refractivity contribution in [1.82, 2.24) is 0 Å². The van der Waals surface area contributed by atoms with E-state index in [0.29, 0.717) is 12.8 Å². The molecule has 0 aromatic carbocycles. The van der Waals surface area contributed by atoms with Crippen molar-refractivity contribution in [3.8, 4) is 6.07 Å². The molecule has 0 aromatic heterocycles. The van der Waals surface area contributed by atoms with Crippen LogP contribution in [0.25, 0.3) is 0 Å². The maximum absolute atomic E-state index is 11.5. The Morgan fingerprint density at radius 2 is 1.85 bits per heavy atom. The lowest BCUT2D eigenvalue weighted by molar-refractivity contribution is 0.421. The molecule has 3 nitrogen and oxygen atoms in total. The summed E-state index contributed by atoms with van der Waals surface area (Å²) in [5, 5.41) is 8.46. The maximum atomic E-state index is 11.5. The molecule has 0 bridgehead atoms. The van der Waals surface area contributed by atoms with Crippen molar-refractivity contribution in [2.24, 2.45) is 5.92 Å². The van der Waals surface area contributed by atoms with Crippen LogP contribution >= 0.6 is 0 Å². The summed E-state index contributed by atoms with van der Waals surface area (Å²) >= 11 is 0. The first-order chi connectivity index (χ1) is 6.10. The lowest BCUT2D eigenvalue weighted by atomic mass is 9.90. The van der Waals surface area contributed by atoms with Gasteiger partial charge in [0, 0.05) is 11.7 Å². The molecular formula is C9H15NO2S. The smallest absolute Gasteiger partial charge is 0.152 e. The topological polar surface area (TPSA) is 57.9 Å². The van der Waals surface area contributed by atoms with Crippen LogP contribution in [0, 0.1) is 17.2 Å². The average molecular weight is 201 g/mol. The van der Waals surface area contributed by atoms with Crippen molar-refractivity contribution < 1.29 is 8.42 Å². The Morgan fingerprint density at radius 3 is 2.23 bits per heavy atom. The van der Waals surface area contributed by atoms with Crippen LogP contribution in [-0.4, -0.2) is 19.4 Å². The zero-order chi connectivity index (χ0) is 9.90. The molecule has 1 saturated carbocycles. The summed E-state index contributed by atoms with van der Waals surface area (Å²) in [5.41, 5.74) is 0. The van der Waals surface area contributed by atoms with Gasteiger partial charge in [0.25, 0.3) is 0 Å². The van der Waals surface area contributed by atoms with E-state index in [9.17, 15) is 8.42 Å². The number of sulfone groups is 1. The third-order valence-corrected chi connectivity index (χ3v) is 5.06. The highest BCUT2D eigenvalue weighted by Gasteiger charge is 2.29. The first-order valence-electron chi connectivity index (χ1n) is 4.71. The predicted molar refractivity (Wildman–Crippen MR) is 50.8 cm³/mol. The van der Waals surface area contributed by atoms with Gasteiger partial charge in [0.2, 0.25) is 0 Å². The summed E-state index contributed by atoms with van der Waals surface area (Å²) in [5.74, 6) is 0.317. The van der Waals surface area contributed by atoms with Gasteiger partial charge in [-0.15, -0.1) is 0 Å². The molecule has 13 heavy (non-hydrogen) atoms. The molecule has 1 aliphatic rings. The summed E-state index contributed by atoms with van der Waals surface area (Å²) in [6.07, 6.45) is 2.85. The Labute approximate surface area is 79.7 Å². The summed E-state index contributed by atoms with van der Waals surface area (Å²) in [6.45, 7) is 1.69. The molecule has 74 valence electrons. The van der Waals surface area contributed by atoms with E-state index in [1.807, 2.05) is 0 Å². The summed E-state index contributed by atoms with van der Waals surface area (Å²) < 4.78 is 22.9. The molecule has 1 aliphatic carbocycles.